The van der Waals surface area contributed by atoms with E-state index in [1.165, 1.54) is 0 Å². The third-order valence-corrected chi connectivity index (χ3v) is 3.86. The molecule has 6 nitrogen and oxygen atoms in total. The third kappa shape index (κ3) is 2.30. The Hall–Kier alpha value is -1.86. The molecule has 0 fully saturated rings. The van der Waals surface area contributed by atoms with Crippen molar-refractivity contribution in [1.82, 2.24) is 19.7 Å². The van der Waals surface area contributed by atoms with Gasteiger partial charge in [-0.15, -0.1) is 11.3 Å². The first kappa shape index (κ1) is 13.1. The van der Waals surface area contributed by atoms with Crippen molar-refractivity contribution in [3.05, 3.63) is 35.1 Å². The van der Waals surface area contributed by atoms with Crippen molar-refractivity contribution in [2.24, 2.45) is 0 Å². The first-order chi connectivity index (χ1) is 9.69. The number of hydrogen-bond donors (Lipinski definition) is 1. The fourth-order valence-electron chi connectivity index (χ4n) is 2.05. The maximum atomic E-state index is 5.52. The van der Waals surface area contributed by atoms with Crippen LogP contribution in [0.1, 0.15) is 30.3 Å². The lowest BCUT2D eigenvalue weighted by molar-refractivity contribution is 0.380. The Morgan fingerprint density at radius 1 is 1.55 bits per heavy atom. The Bertz CT molecular complexity index is 715. The molecule has 106 valence electrons. The van der Waals surface area contributed by atoms with Gasteiger partial charge in [0, 0.05) is 18.1 Å². The first-order valence-corrected chi connectivity index (χ1v) is 7.21. The van der Waals surface area contributed by atoms with Crippen LogP contribution in [0.3, 0.4) is 0 Å². The molecule has 0 amide bonds. The molecule has 1 N–H and O–H groups in total. The van der Waals surface area contributed by atoms with Crippen LogP contribution in [0.25, 0.3) is 4.96 Å². The van der Waals surface area contributed by atoms with E-state index in [9.17, 15) is 0 Å². The van der Waals surface area contributed by atoms with Gasteiger partial charge < -0.3 is 14.5 Å². The molecule has 3 aromatic heterocycles. The van der Waals surface area contributed by atoms with Crippen LogP contribution in [-0.2, 0) is 6.54 Å². The van der Waals surface area contributed by atoms with Gasteiger partial charge in [-0.25, -0.2) is 4.98 Å². The van der Waals surface area contributed by atoms with E-state index in [-0.39, 0.29) is 6.04 Å². The van der Waals surface area contributed by atoms with Crippen LogP contribution in [-0.4, -0.2) is 21.5 Å². The number of nitrogens with zero attached hydrogens (tertiary/aromatic N) is 3. The lowest BCUT2D eigenvalue weighted by atomic mass is 10.3. The third-order valence-electron chi connectivity index (χ3n) is 3.10. The van der Waals surface area contributed by atoms with Gasteiger partial charge in [0.1, 0.15) is 11.5 Å². The minimum Gasteiger partial charge on any atom is -0.480 e. The zero-order valence-corrected chi connectivity index (χ0v) is 12.4. The highest BCUT2D eigenvalue weighted by Gasteiger charge is 2.16. The molecule has 0 saturated carbocycles. The molecule has 0 saturated heterocycles. The van der Waals surface area contributed by atoms with Crippen molar-refractivity contribution >= 4 is 16.3 Å². The zero-order chi connectivity index (χ0) is 14.1. The van der Waals surface area contributed by atoms with E-state index in [2.05, 4.69) is 15.3 Å². The Labute approximate surface area is 120 Å². The molecule has 0 aliphatic heterocycles. The van der Waals surface area contributed by atoms with Crippen molar-refractivity contribution < 1.29 is 9.15 Å². The highest BCUT2D eigenvalue weighted by Crippen LogP contribution is 2.23. The quantitative estimate of drug-likeness (QED) is 0.783. The van der Waals surface area contributed by atoms with Gasteiger partial charge in [-0.05, 0) is 13.8 Å². The van der Waals surface area contributed by atoms with Crippen molar-refractivity contribution in [2.75, 3.05) is 7.11 Å². The van der Waals surface area contributed by atoms with Crippen molar-refractivity contribution in [3.63, 3.8) is 0 Å². The Balaban J connectivity index is 1.77. The summed E-state index contributed by atoms with van der Waals surface area (Å²) in [5.41, 5.74) is 0.999. The molecule has 1 atom stereocenters. The number of hydrogen-bond acceptors (Lipinski definition) is 6. The summed E-state index contributed by atoms with van der Waals surface area (Å²) in [7, 11) is 1.64. The van der Waals surface area contributed by atoms with E-state index in [1.54, 1.807) is 24.6 Å². The SMILES string of the molecule is COc1nc2sccn2c1CNC(C)c1ncc(C)o1. The number of imidazole rings is 1. The summed E-state index contributed by atoms with van der Waals surface area (Å²) in [4.78, 5) is 9.58. The number of ether oxygens (including phenoxy) is 1. The smallest absolute Gasteiger partial charge is 0.237 e. The molecule has 0 bridgehead atoms. The predicted octanol–water partition coefficient (Wildman–Crippen LogP) is 2.55. The topological polar surface area (TPSA) is 64.6 Å². The molecule has 0 aliphatic rings. The minimum absolute atomic E-state index is 0.0255. The molecule has 7 heteroatoms. The fraction of sp³-hybridized carbons (Fsp3) is 0.385. The van der Waals surface area contributed by atoms with Crippen LogP contribution in [0, 0.1) is 6.92 Å². The second-order valence-corrected chi connectivity index (χ2v) is 5.41. The van der Waals surface area contributed by atoms with E-state index in [0.29, 0.717) is 18.3 Å². The van der Waals surface area contributed by atoms with Crippen LogP contribution in [0.2, 0.25) is 0 Å². The second kappa shape index (κ2) is 5.26. The number of fused-ring (bicyclic) bond motifs is 1. The maximum absolute atomic E-state index is 5.52. The summed E-state index contributed by atoms with van der Waals surface area (Å²) >= 11 is 1.58. The number of nitrogens with one attached hydrogen (secondary N) is 1. The van der Waals surface area contributed by atoms with Crippen LogP contribution in [0.5, 0.6) is 5.88 Å². The standard InChI is InChI=1S/C13H16N4O2S/c1-8-6-15-11(19-8)9(2)14-7-10-12(18-3)16-13-17(10)4-5-20-13/h4-6,9,14H,7H2,1-3H3. The molecular formula is C13H16N4O2S. The molecule has 1 unspecified atom stereocenters. The molecule has 3 heterocycles. The van der Waals surface area contributed by atoms with Gasteiger partial charge in [0.2, 0.25) is 11.8 Å². The Morgan fingerprint density at radius 3 is 3.10 bits per heavy atom. The minimum atomic E-state index is 0.0255. The summed E-state index contributed by atoms with van der Waals surface area (Å²) < 4.78 is 12.9. The summed E-state index contributed by atoms with van der Waals surface area (Å²) in [5, 5.41) is 5.38. The van der Waals surface area contributed by atoms with Gasteiger partial charge in [0.25, 0.3) is 0 Å². The van der Waals surface area contributed by atoms with Crippen LogP contribution in [0.15, 0.2) is 22.2 Å². The zero-order valence-electron chi connectivity index (χ0n) is 11.6. The van der Waals surface area contributed by atoms with E-state index in [4.69, 9.17) is 9.15 Å². The molecule has 3 rings (SSSR count). The maximum Gasteiger partial charge on any atom is 0.237 e. The monoisotopic (exact) mass is 292 g/mol. The van der Waals surface area contributed by atoms with E-state index < -0.39 is 0 Å². The number of thiazole rings is 1. The van der Waals surface area contributed by atoms with Gasteiger partial charge in [-0.1, -0.05) is 0 Å². The molecule has 3 aromatic rings. The lowest BCUT2D eigenvalue weighted by Crippen LogP contribution is -2.19. The van der Waals surface area contributed by atoms with Crippen LogP contribution >= 0.6 is 11.3 Å². The first-order valence-electron chi connectivity index (χ1n) is 6.33. The Kier molecular flexibility index (Phi) is 3.45. The number of methoxy groups -OCH3 is 1. The van der Waals surface area contributed by atoms with Crippen molar-refractivity contribution in [3.8, 4) is 5.88 Å². The van der Waals surface area contributed by atoms with Crippen molar-refractivity contribution in [1.29, 1.82) is 0 Å². The summed E-state index contributed by atoms with van der Waals surface area (Å²) in [5.74, 6) is 2.16. The van der Waals surface area contributed by atoms with Gasteiger partial charge in [-0.3, -0.25) is 4.40 Å². The number of aromatic nitrogens is 3. The molecule has 0 spiro atoms. The van der Waals surface area contributed by atoms with Crippen LogP contribution in [0.4, 0.5) is 0 Å². The number of rotatable bonds is 5. The summed E-state index contributed by atoms with van der Waals surface area (Å²) in [6.45, 7) is 4.53. The highest BCUT2D eigenvalue weighted by atomic mass is 32.1. The number of oxazole rings is 1. The largest absolute Gasteiger partial charge is 0.480 e. The Morgan fingerprint density at radius 2 is 2.40 bits per heavy atom. The van der Waals surface area contributed by atoms with E-state index >= 15 is 0 Å². The van der Waals surface area contributed by atoms with Gasteiger partial charge in [0.05, 0.1) is 19.3 Å². The molecular weight excluding hydrogens is 276 g/mol. The average Bonchev–Trinajstić information content (AvgIpc) is 3.11. The molecule has 0 aliphatic carbocycles. The second-order valence-electron chi connectivity index (χ2n) is 4.54. The van der Waals surface area contributed by atoms with E-state index in [1.807, 2.05) is 29.8 Å². The lowest BCUT2D eigenvalue weighted by Gasteiger charge is -2.10. The van der Waals surface area contributed by atoms with Crippen LogP contribution < -0.4 is 10.1 Å². The van der Waals surface area contributed by atoms with Gasteiger partial charge in [0.15, 0.2) is 4.96 Å². The molecule has 0 radical (unpaired) electrons. The van der Waals surface area contributed by atoms with Crippen molar-refractivity contribution in [2.45, 2.75) is 26.4 Å². The summed E-state index contributed by atoms with van der Waals surface area (Å²) in [6.07, 6.45) is 3.72. The summed E-state index contributed by atoms with van der Waals surface area (Å²) in [6, 6.07) is 0.0255. The van der Waals surface area contributed by atoms with Gasteiger partial charge >= 0.3 is 0 Å². The fourth-order valence-corrected chi connectivity index (χ4v) is 2.77. The average molecular weight is 292 g/mol. The number of aryl methyl sites for hydroxylation is 1. The highest BCUT2D eigenvalue weighted by molar-refractivity contribution is 7.15. The van der Waals surface area contributed by atoms with E-state index in [0.717, 1.165) is 16.4 Å². The predicted molar refractivity (Wildman–Crippen MR) is 76.1 cm³/mol. The molecule has 0 aromatic carbocycles. The van der Waals surface area contributed by atoms with Gasteiger partial charge in [-0.2, -0.15) is 4.98 Å². The molecule has 20 heavy (non-hydrogen) atoms. The normalized spacial score (nSPS) is 12.9.